The third kappa shape index (κ3) is 1.77. The maximum atomic E-state index is 6.28. The average molecular weight is 275 g/mol. The Bertz CT molecular complexity index is 391. The molecule has 0 saturated heterocycles. The highest BCUT2D eigenvalue weighted by Crippen LogP contribution is 2.66. The van der Waals surface area contributed by atoms with Crippen LogP contribution in [0.25, 0.3) is 0 Å². The summed E-state index contributed by atoms with van der Waals surface area (Å²) in [6, 6.07) is 0.505. The molecule has 114 valence electrons. The quantitative estimate of drug-likeness (QED) is 0.678. The topological polar surface area (TPSA) is 26.0 Å². The van der Waals surface area contributed by atoms with Gasteiger partial charge in [-0.15, -0.1) is 0 Å². The van der Waals surface area contributed by atoms with Crippen molar-refractivity contribution in [2.45, 2.75) is 84.1 Å². The lowest BCUT2D eigenvalue weighted by molar-refractivity contribution is -0.105. The van der Waals surface area contributed by atoms with Crippen molar-refractivity contribution >= 4 is 0 Å². The highest BCUT2D eigenvalue weighted by atomic mass is 14.7. The second-order valence-electron chi connectivity index (χ2n) is 9.28. The maximum Gasteiger partial charge on any atom is 0.00418 e. The Morgan fingerprint density at radius 2 is 1.70 bits per heavy atom. The van der Waals surface area contributed by atoms with Gasteiger partial charge in [-0.25, -0.2) is 0 Å². The molecule has 1 nitrogen and oxygen atoms in total. The summed E-state index contributed by atoms with van der Waals surface area (Å²) in [5.41, 5.74) is 7.63. The van der Waals surface area contributed by atoms with E-state index in [1.165, 1.54) is 64.2 Å². The molecule has 0 bridgehead atoms. The minimum absolute atomic E-state index is 0.505. The van der Waals surface area contributed by atoms with E-state index in [0.29, 0.717) is 11.5 Å². The van der Waals surface area contributed by atoms with Gasteiger partial charge in [0.25, 0.3) is 0 Å². The molecule has 2 N–H and O–H groups in total. The third-order valence-electron chi connectivity index (χ3n) is 8.49. The van der Waals surface area contributed by atoms with Crippen molar-refractivity contribution in [2.75, 3.05) is 0 Å². The predicted octanol–water partition coefficient (Wildman–Crippen LogP) is 4.75. The summed E-state index contributed by atoms with van der Waals surface area (Å²) >= 11 is 0. The summed E-state index contributed by atoms with van der Waals surface area (Å²) in [7, 11) is 0. The molecule has 0 aliphatic heterocycles. The smallest absolute Gasteiger partial charge is 0.00418 e. The van der Waals surface area contributed by atoms with Gasteiger partial charge in [0.05, 0.1) is 0 Å². The lowest BCUT2D eigenvalue weighted by Crippen LogP contribution is -2.53. The molecule has 0 radical (unpaired) electrons. The van der Waals surface area contributed by atoms with E-state index in [0.717, 1.165) is 29.1 Å². The molecule has 4 rings (SSSR count). The van der Waals surface area contributed by atoms with Crippen LogP contribution in [-0.2, 0) is 0 Å². The summed E-state index contributed by atoms with van der Waals surface area (Å²) < 4.78 is 0. The number of hydrogen-bond donors (Lipinski definition) is 1. The summed E-state index contributed by atoms with van der Waals surface area (Å²) in [6.45, 7) is 5.27. The second kappa shape index (κ2) is 4.48. The largest absolute Gasteiger partial charge is 0.328 e. The molecule has 4 aliphatic rings. The lowest BCUT2D eigenvalue weighted by atomic mass is 9.45. The van der Waals surface area contributed by atoms with Crippen LogP contribution < -0.4 is 5.73 Å². The highest BCUT2D eigenvalue weighted by Gasteiger charge is 2.57. The van der Waals surface area contributed by atoms with Gasteiger partial charge in [-0.3, -0.25) is 0 Å². The Hall–Kier alpha value is -0.0400. The van der Waals surface area contributed by atoms with Crippen molar-refractivity contribution in [3.05, 3.63) is 0 Å². The van der Waals surface area contributed by atoms with E-state index in [1.807, 2.05) is 0 Å². The summed E-state index contributed by atoms with van der Waals surface area (Å²) in [5.74, 6) is 4.10. The van der Waals surface area contributed by atoms with Crippen LogP contribution in [0.3, 0.4) is 0 Å². The molecule has 0 heterocycles. The van der Waals surface area contributed by atoms with E-state index in [-0.39, 0.29) is 0 Å². The minimum Gasteiger partial charge on any atom is -0.328 e. The fourth-order valence-corrected chi connectivity index (χ4v) is 7.28. The molecule has 0 aromatic heterocycles. The zero-order chi connectivity index (χ0) is 14.0. The Morgan fingerprint density at radius 1 is 0.850 bits per heavy atom. The van der Waals surface area contributed by atoms with Gasteiger partial charge in [0, 0.05) is 6.04 Å². The molecule has 4 saturated carbocycles. The number of hydrogen-bond acceptors (Lipinski definition) is 1. The molecule has 4 fully saturated rings. The van der Waals surface area contributed by atoms with Gasteiger partial charge >= 0.3 is 0 Å². The zero-order valence-corrected chi connectivity index (χ0v) is 13.5. The zero-order valence-electron chi connectivity index (χ0n) is 13.5. The van der Waals surface area contributed by atoms with Crippen LogP contribution in [0.1, 0.15) is 78.1 Å². The van der Waals surface area contributed by atoms with Crippen LogP contribution >= 0.6 is 0 Å². The van der Waals surface area contributed by atoms with Crippen LogP contribution in [0.2, 0.25) is 0 Å². The van der Waals surface area contributed by atoms with E-state index in [1.54, 1.807) is 0 Å². The monoisotopic (exact) mass is 275 g/mol. The van der Waals surface area contributed by atoms with Crippen LogP contribution in [-0.4, -0.2) is 6.04 Å². The standard InChI is InChI=1S/C19H33N/c1-18-9-3-4-16(18)15-6-5-13-12-14(20)7-11-19(13,2)17(15)8-10-18/h13-17H,3-12,20H2,1-2H3/t13-,14?,15?,16-,17-,18?,19?/m0/s1. The molecule has 0 amide bonds. The van der Waals surface area contributed by atoms with Crippen LogP contribution in [0.5, 0.6) is 0 Å². The van der Waals surface area contributed by atoms with Crippen molar-refractivity contribution in [1.29, 1.82) is 0 Å². The second-order valence-corrected chi connectivity index (χ2v) is 9.28. The van der Waals surface area contributed by atoms with Crippen molar-refractivity contribution < 1.29 is 0 Å². The molecular weight excluding hydrogens is 242 g/mol. The van der Waals surface area contributed by atoms with Gasteiger partial charge in [0.2, 0.25) is 0 Å². The Morgan fingerprint density at radius 3 is 2.55 bits per heavy atom. The first-order valence-corrected chi connectivity index (χ1v) is 9.28. The summed E-state index contributed by atoms with van der Waals surface area (Å²) in [4.78, 5) is 0. The molecule has 4 unspecified atom stereocenters. The van der Waals surface area contributed by atoms with Crippen molar-refractivity contribution in [2.24, 2.45) is 40.2 Å². The first kappa shape index (κ1) is 13.6. The first-order valence-electron chi connectivity index (χ1n) is 9.28. The summed E-state index contributed by atoms with van der Waals surface area (Å²) in [6.07, 6.45) is 14.7. The lowest BCUT2D eigenvalue weighted by Gasteiger charge is -2.60. The van der Waals surface area contributed by atoms with E-state index in [2.05, 4.69) is 13.8 Å². The first-order chi connectivity index (χ1) is 9.53. The Balaban J connectivity index is 1.62. The molecule has 0 spiro atoms. The molecule has 0 aromatic carbocycles. The van der Waals surface area contributed by atoms with Crippen molar-refractivity contribution in [1.82, 2.24) is 0 Å². The van der Waals surface area contributed by atoms with Crippen molar-refractivity contribution in [3.8, 4) is 0 Å². The van der Waals surface area contributed by atoms with Crippen LogP contribution in [0.15, 0.2) is 0 Å². The van der Waals surface area contributed by atoms with E-state index >= 15 is 0 Å². The van der Waals surface area contributed by atoms with Gasteiger partial charge in [-0.1, -0.05) is 20.3 Å². The molecule has 4 aliphatic carbocycles. The number of fused-ring (bicyclic) bond motifs is 5. The Kier molecular flexibility index (Phi) is 3.05. The van der Waals surface area contributed by atoms with Gasteiger partial charge < -0.3 is 5.73 Å². The van der Waals surface area contributed by atoms with Gasteiger partial charge in [-0.2, -0.15) is 0 Å². The highest BCUT2D eigenvalue weighted by molar-refractivity contribution is 5.07. The molecular formula is C19H33N. The normalized spacial score (nSPS) is 58.6. The van der Waals surface area contributed by atoms with Crippen molar-refractivity contribution in [3.63, 3.8) is 0 Å². The minimum atomic E-state index is 0.505. The van der Waals surface area contributed by atoms with E-state index in [4.69, 9.17) is 5.73 Å². The molecule has 1 heteroatoms. The number of nitrogens with two attached hydrogens (primary N) is 1. The average Bonchev–Trinajstić information content (AvgIpc) is 2.81. The molecule has 0 aromatic rings. The van der Waals surface area contributed by atoms with Crippen LogP contribution in [0.4, 0.5) is 0 Å². The summed E-state index contributed by atoms with van der Waals surface area (Å²) in [5, 5.41) is 0. The maximum absolute atomic E-state index is 6.28. The third-order valence-corrected chi connectivity index (χ3v) is 8.49. The van der Waals surface area contributed by atoms with Gasteiger partial charge in [0.1, 0.15) is 0 Å². The fraction of sp³-hybridized carbons (Fsp3) is 1.00. The van der Waals surface area contributed by atoms with Crippen LogP contribution in [0, 0.1) is 34.5 Å². The Labute approximate surface area is 125 Å². The SMILES string of the molecule is CC12CCC[C@H]1C1CC[C@H]3CC(N)CCC3(C)[C@H]1CC2. The molecule has 20 heavy (non-hydrogen) atoms. The van der Waals surface area contributed by atoms with Gasteiger partial charge in [0.15, 0.2) is 0 Å². The fourth-order valence-electron chi connectivity index (χ4n) is 7.28. The number of rotatable bonds is 0. The molecule has 7 atom stereocenters. The van der Waals surface area contributed by atoms with Gasteiger partial charge in [-0.05, 0) is 92.3 Å². The van der Waals surface area contributed by atoms with E-state index < -0.39 is 0 Å². The predicted molar refractivity (Wildman–Crippen MR) is 84.3 cm³/mol. The van der Waals surface area contributed by atoms with E-state index in [9.17, 15) is 0 Å².